The first kappa shape index (κ1) is 53.0. The molecule has 6 amide bonds. The number of pyridine rings is 1. The number of fused-ring (bicyclic) bond motifs is 1. The maximum Gasteiger partial charge on any atom is 0.264 e. The second kappa shape index (κ2) is 24.1. The number of hydrogen-bond donors (Lipinski definition) is 5. The second-order valence-electron chi connectivity index (χ2n) is 19.5. The van der Waals surface area contributed by atoms with Crippen molar-refractivity contribution in [2.45, 2.75) is 97.8 Å². The average Bonchev–Trinajstić information content (AvgIpc) is 3.65. The standard InChI is InChI=1S/C55H67N11O8/c1-5-65(41-18-25-74-26-19-41)47-29-39(28-43(36(47)4)51(69)58-31-44-34(2)27-35(3)59-52(44)70)38-14-12-37(13-15-38)33-64-23-21-63(22-24-64)20-7-6-9-40(62-56)30-57-32-49(68)60-45-11-8-10-42-50(45)55(73)66(54(42)72)46-16-17-48(67)61-53(46)71/h8,10-15,27-30,41,46H,5-7,9,16-26,31-33,56H2,1-4H3,(H,58,69)(H,59,70)(H,60,68)(H,61,67,71). The lowest BCUT2D eigenvalue weighted by atomic mass is 9.94. The Hall–Kier alpha value is -7.35. The molecule has 0 radical (unpaired) electrons. The maximum absolute atomic E-state index is 14.0. The normalized spacial score (nSPS) is 18.0. The number of unbranched alkanes of at least 4 members (excludes halogenated alkanes) is 1. The summed E-state index contributed by atoms with van der Waals surface area (Å²) < 4.78 is 5.70. The van der Waals surface area contributed by atoms with Crippen molar-refractivity contribution in [1.29, 1.82) is 0 Å². The number of piperazine rings is 1. The molecule has 8 rings (SSSR count). The number of nitrogens with two attached hydrogens (primary N) is 1. The number of hydrogen-bond acceptors (Lipinski definition) is 14. The van der Waals surface area contributed by atoms with Gasteiger partial charge in [-0.2, -0.15) is 5.10 Å². The van der Waals surface area contributed by atoms with Gasteiger partial charge in [0.15, 0.2) is 0 Å². The number of hydrazone groups is 1. The third kappa shape index (κ3) is 12.3. The number of benzene rings is 3. The van der Waals surface area contributed by atoms with E-state index in [2.05, 4.69) is 83.0 Å². The molecule has 1 aromatic heterocycles. The Morgan fingerprint density at radius 1 is 0.892 bits per heavy atom. The summed E-state index contributed by atoms with van der Waals surface area (Å²) in [5.41, 5.74) is 8.42. The molecule has 390 valence electrons. The van der Waals surface area contributed by atoms with Gasteiger partial charge in [-0.1, -0.05) is 30.3 Å². The van der Waals surface area contributed by atoms with Gasteiger partial charge in [0.1, 0.15) is 12.6 Å². The van der Waals surface area contributed by atoms with Crippen LogP contribution in [0, 0.1) is 20.8 Å². The summed E-state index contributed by atoms with van der Waals surface area (Å²) in [5.74, 6) is 2.38. The lowest BCUT2D eigenvalue weighted by Crippen LogP contribution is -2.54. The Kier molecular flexibility index (Phi) is 17.3. The van der Waals surface area contributed by atoms with E-state index in [1.807, 2.05) is 32.9 Å². The zero-order chi connectivity index (χ0) is 52.5. The molecule has 19 nitrogen and oxygen atoms in total. The number of ether oxygens (including phenoxy) is 1. The van der Waals surface area contributed by atoms with Gasteiger partial charge in [-0.25, -0.2) is 0 Å². The molecule has 4 aliphatic rings. The molecule has 3 fully saturated rings. The highest BCUT2D eigenvalue weighted by Gasteiger charge is 2.45. The number of aromatic amines is 1. The summed E-state index contributed by atoms with van der Waals surface area (Å²) in [6.07, 6.45) is 5.67. The Morgan fingerprint density at radius 3 is 2.34 bits per heavy atom. The van der Waals surface area contributed by atoms with E-state index >= 15 is 0 Å². The van der Waals surface area contributed by atoms with Gasteiger partial charge in [-0.3, -0.25) is 53.7 Å². The minimum Gasteiger partial charge on any atom is -0.381 e. The summed E-state index contributed by atoms with van der Waals surface area (Å²) in [4.78, 5) is 106. The van der Waals surface area contributed by atoms with Crippen molar-refractivity contribution >= 4 is 58.7 Å². The van der Waals surface area contributed by atoms with Crippen molar-refractivity contribution < 1.29 is 33.5 Å². The maximum atomic E-state index is 14.0. The third-order valence-corrected chi connectivity index (χ3v) is 14.5. The zero-order valence-electron chi connectivity index (χ0n) is 42.8. The first-order valence-electron chi connectivity index (χ1n) is 25.6. The SMILES string of the molecule is CCN(c1cc(-c2ccc(CN3CCN(CCCCC(C=NCC(=O)Nc4cccc5c4C(=O)N(C4CCC(=O)NC4=O)C5=O)=NN)CC3)cc2)cc(C(=O)NCc2c(C)cc(C)[nH]c2=O)c1C)C1CCOCC1. The van der Waals surface area contributed by atoms with Crippen molar-refractivity contribution in [3.63, 3.8) is 0 Å². The molecular formula is C55H67N11O8. The highest BCUT2D eigenvalue weighted by atomic mass is 16.5. The van der Waals surface area contributed by atoms with E-state index in [1.54, 1.807) is 0 Å². The largest absolute Gasteiger partial charge is 0.381 e. The van der Waals surface area contributed by atoms with Gasteiger partial charge >= 0.3 is 0 Å². The van der Waals surface area contributed by atoms with Gasteiger partial charge in [-0.05, 0) is 131 Å². The van der Waals surface area contributed by atoms with Crippen molar-refractivity contribution in [3.05, 3.63) is 116 Å². The van der Waals surface area contributed by atoms with Gasteiger partial charge in [0.05, 0.1) is 22.5 Å². The summed E-state index contributed by atoms with van der Waals surface area (Å²) in [6, 6.07) is 18.4. The molecule has 74 heavy (non-hydrogen) atoms. The van der Waals surface area contributed by atoms with Crippen molar-refractivity contribution in [3.8, 4) is 11.1 Å². The van der Waals surface area contributed by atoms with Crippen molar-refractivity contribution in [1.82, 2.24) is 30.3 Å². The van der Waals surface area contributed by atoms with Crippen LogP contribution in [0.15, 0.2) is 75.6 Å². The minimum absolute atomic E-state index is 0.00149. The van der Waals surface area contributed by atoms with Crippen LogP contribution >= 0.6 is 0 Å². The van der Waals surface area contributed by atoms with Gasteiger partial charge in [0.2, 0.25) is 17.7 Å². The van der Waals surface area contributed by atoms with E-state index in [0.29, 0.717) is 42.5 Å². The van der Waals surface area contributed by atoms with Gasteiger partial charge in [-0.15, -0.1) is 0 Å². The predicted molar refractivity (Wildman–Crippen MR) is 283 cm³/mol. The second-order valence-corrected chi connectivity index (χ2v) is 19.5. The fraction of sp³-hybridized carbons (Fsp3) is 0.436. The highest BCUT2D eigenvalue weighted by Crippen LogP contribution is 2.35. The smallest absolute Gasteiger partial charge is 0.264 e. The van der Waals surface area contributed by atoms with Crippen LogP contribution in [0.2, 0.25) is 0 Å². The molecule has 4 aromatic rings. The predicted octanol–water partition coefficient (Wildman–Crippen LogP) is 4.62. The third-order valence-electron chi connectivity index (χ3n) is 14.5. The Morgan fingerprint density at radius 2 is 1.64 bits per heavy atom. The molecule has 0 aliphatic carbocycles. The minimum atomic E-state index is -1.12. The molecule has 4 aliphatic heterocycles. The fourth-order valence-electron chi connectivity index (χ4n) is 10.5. The summed E-state index contributed by atoms with van der Waals surface area (Å²) in [7, 11) is 0. The molecule has 3 saturated heterocycles. The lowest BCUT2D eigenvalue weighted by molar-refractivity contribution is -0.136. The number of H-pyrrole nitrogens is 1. The molecule has 6 N–H and O–H groups in total. The summed E-state index contributed by atoms with van der Waals surface area (Å²) in [6.45, 7) is 15.5. The van der Waals surface area contributed by atoms with Crippen LogP contribution in [-0.2, 0) is 32.2 Å². The van der Waals surface area contributed by atoms with Crippen LogP contribution in [-0.4, -0.2) is 138 Å². The van der Waals surface area contributed by atoms with E-state index < -0.39 is 35.6 Å². The first-order chi connectivity index (χ1) is 35.7. The topological polar surface area (TPSA) is 244 Å². The summed E-state index contributed by atoms with van der Waals surface area (Å²) >= 11 is 0. The van der Waals surface area contributed by atoms with Crippen LogP contribution in [0.3, 0.4) is 0 Å². The van der Waals surface area contributed by atoms with Gasteiger partial charge in [0, 0.05) is 100 Å². The number of anilines is 2. The van der Waals surface area contributed by atoms with E-state index in [1.165, 1.54) is 30.0 Å². The number of nitrogens with one attached hydrogen (secondary N) is 4. The average molecular weight is 1010 g/mol. The quantitative estimate of drug-likeness (QED) is 0.0284. The number of imide groups is 2. The number of aliphatic imine (C=N–C) groups is 1. The van der Waals surface area contributed by atoms with E-state index in [0.717, 1.165) is 110 Å². The van der Waals surface area contributed by atoms with Crippen LogP contribution in [0.1, 0.15) is 111 Å². The number of piperidine rings is 1. The number of amides is 6. The van der Waals surface area contributed by atoms with Crippen LogP contribution in [0.4, 0.5) is 11.4 Å². The summed E-state index contributed by atoms with van der Waals surface area (Å²) in [5, 5.41) is 11.8. The first-order valence-corrected chi connectivity index (χ1v) is 25.6. The number of nitrogens with zero attached hydrogens (tertiary/aromatic N) is 6. The Balaban J connectivity index is 0.797. The van der Waals surface area contributed by atoms with Gasteiger partial charge in [0.25, 0.3) is 23.3 Å². The monoisotopic (exact) mass is 1010 g/mol. The molecule has 3 aromatic carbocycles. The number of aromatic nitrogens is 1. The number of carbonyl (C=O) groups excluding carboxylic acids is 6. The lowest BCUT2D eigenvalue weighted by Gasteiger charge is -2.37. The van der Waals surface area contributed by atoms with E-state index in [-0.39, 0.29) is 54.2 Å². The van der Waals surface area contributed by atoms with Crippen molar-refractivity contribution in [2.75, 3.05) is 69.2 Å². The molecule has 0 spiro atoms. The fourth-order valence-corrected chi connectivity index (χ4v) is 10.5. The van der Waals surface area contributed by atoms with Crippen LogP contribution in [0.5, 0.6) is 0 Å². The van der Waals surface area contributed by atoms with Gasteiger partial charge < -0.3 is 36.0 Å². The Bertz CT molecular complexity index is 2900. The highest BCUT2D eigenvalue weighted by molar-refractivity contribution is 6.30. The van der Waals surface area contributed by atoms with Crippen LogP contribution in [0.25, 0.3) is 11.1 Å². The molecular weight excluding hydrogens is 943 g/mol. The van der Waals surface area contributed by atoms with Crippen LogP contribution < -0.4 is 32.3 Å². The van der Waals surface area contributed by atoms with E-state index in [4.69, 9.17) is 10.6 Å². The zero-order valence-corrected chi connectivity index (χ0v) is 42.8. The molecule has 5 heterocycles. The molecule has 19 heteroatoms. The van der Waals surface area contributed by atoms with Crippen molar-refractivity contribution in [2.24, 2.45) is 15.9 Å². The molecule has 1 unspecified atom stereocenters. The Labute approximate surface area is 431 Å². The number of rotatable bonds is 19. The number of carbonyl (C=O) groups is 6. The molecule has 0 saturated carbocycles. The molecule has 1 atom stereocenters. The molecule has 0 bridgehead atoms. The van der Waals surface area contributed by atoms with E-state index in [9.17, 15) is 33.6 Å². The number of aryl methyl sites for hydroxylation is 2.